The first-order chi connectivity index (χ1) is 8.49. The van der Waals surface area contributed by atoms with Gasteiger partial charge in [0.25, 0.3) is 0 Å². The van der Waals surface area contributed by atoms with Crippen molar-refractivity contribution in [2.24, 2.45) is 7.05 Å². The molecule has 0 unspecified atom stereocenters. The van der Waals surface area contributed by atoms with Crippen LogP contribution in [0.3, 0.4) is 0 Å². The van der Waals surface area contributed by atoms with Crippen molar-refractivity contribution >= 4 is 29.8 Å². The van der Waals surface area contributed by atoms with Gasteiger partial charge in [0.2, 0.25) is 0 Å². The Labute approximate surface area is 114 Å². The summed E-state index contributed by atoms with van der Waals surface area (Å²) in [5, 5.41) is 9.75. The summed E-state index contributed by atoms with van der Waals surface area (Å²) in [6.45, 7) is 0. The minimum Gasteiger partial charge on any atom is -0.477 e. The fourth-order valence-corrected chi connectivity index (χ4v) is 2.20. The molecule has 0 aliphatic rings. The van der Waals surface area contributed by atoms with Crippen LogP contribution in [0, 0.1) is 4.77 Å². The van der Waals surface area contributed by atoms with Crippen molar-refractivity contribution in [2.75, 3.05) is 0 Å². The van der Waals surface area contributed by atoms with Gasteiger partial charge in [0, 0.05) is 18.5 Å². The van der Waals surface area contributed by atoms with Crippen molar-refractivity contribution < 1.29 is 9.90 Å². The van der Waals surface area contributed by atoms with Gasteiger partial charge in [-0.2, -0.15) is 0 Å². The third-order valence-corrected chi connectivity index (χ3v) is 3.32. The highest BCUT2D eigenvalue weighted by Gasteiger charge is 2.16. The first-order valence-corrected chi connectivity index (χ1v) is 6.03. The van der Waals surface area contributed by atoms with Crippen molar-refractivity contribution in [1.29, 1.82) is 0 Å². The smallest absolute Gasteiger partial charge is 0.354 e. The first kappa shape index (κ1) is 12.9. The summed E-state index contributed by atoms with van der Waals surface area (Å²) in [5.74, 6) is -1.02. The van der Waals surface area contributed by atoms with E-state index in [-0.39, 0.29) is 5.69 Å². The van der Waals surface area contributed by atoms with Gasteiger partial charge in [0.05, 0.1) is 5.69 Å². The zero-order chi connectivity index (χ0) is 13.3. The third-order valence-electron chi connectivity index (χ3n) is 2.70. The fraction of sp³-hybridized carbons (Fsp3) is 0.167. The van der Waals surface area contributed by atoms with Crippen LogP contribution < -0.4 is 0 Å². The molecular formula is C12H11ClN2O2S. The van der Waals surface area contributed by atoms with Crippen LogP contribution in [0.1, 0.15) is 21.7 Å². The second-order valence-electron chi connectivity index (χ2n) is 3.92. The van der Waals surface area contributed by atoms with Crippen LogP contribution in [0.4, 0.5) is 0 Å². The minimum absolute atomic E-state index is 0.127. The van der Waals surface area contributed by atoms with E-state index >= 15 is 0 Å². The number of nitrogens with one attached hydrogen (secondary N) is 1. The molecule has 94 valence electrons. The quantitative estimate of drug-likeness (QED) is 0.851. The van der Waals surface area contributed by atoms with Gasteiger partial charge in [-0.1, -0.05) is 23.7 Å². The number of imidazole rings is 1. The summed E-state index contributed by atoms with van der Waals surface area (Å²) in [4.78, 5) is 13.8. The number of hydrogen-bond acceptors (Lipinski definition) is 2. The highest BCUT2D eigenvalue weighted by Crippen LogP contribution is 2.17. The molecule has 1 heterocycles. The molecule has 0 aliphatic heterocycles. The predicted molar refractivity (Wildman–Crippen MR) is 71.8 cm³/mol. The largest absolute Gasteiger partial charge is 0.477 e. The molecule has 2 N–H and O–H groups in total. The molecule has 0 radical (unpaired) electrons. The summed E-state index contributed by atoms with van der Waals surface area (Å²) >= 11 is 10.9. The summed E-state index contributed by atoms with van der Waals surface area (Å²) in [7, 11) is 1.74. The summed E-state index contributed by atoms with van der Waals surface area (Å²) in [6.07, 6.45) is 0.464. The average Bonchev–Trinajstić information content (AvgIpc) is 2.57. The minimum atomic E-state index is -1.02. The van der Waals surface area contributed by atoms with E-state index in [1.165, 1.54) is 0 Å². The van der Waals surface area contributed by atoms with E-state index in [1.54, 1.807) is 17.7 Å². The van der Waals surface area contributed by atoms with E-state index in [4.69, 9.17) is 28.9 Å². The van der Waals surface area contributed by atoms with Gasteiger partial charge in [0.15, 0.2) is 4.77 Å². The van der Waals surface area contributed by atoms with Gasteiger partial charge in [-0.25, -0.2) is 4.79 Å². The molecule has 18 heavy (non-hydrogen) atoms. The maximum absolute atomic E-state index is 11.1. The van der Waals surface area contributed by atoms with Gasteiger partial charge >= 0.3 is 5.97 Å². The number of benzene rings is 1. The molecule has 6 heteroatoms. The number of H-pyrrole nitrogens is 1. The van der Waals surface area contributed by atoms with E-state index < -0.39 is 5.97 Å². The van der Waals surface area contributed by atoms with Crippen molar-refractivity contribution in [3.63, 3.8) is 0 Å². The van der Waals surface area contributed by atoms with Crippen LogP contribution in [0.2, 0.25) is 5.02 Å². The first-order valence-electron chi connectivity index (χ1n) is 5.24. The summed E-state index contributed by atoms with van der Waals surface area (Å²) in [5.41, 5.74) is 1.70. The highest BCUT2D eigenvalue weighted by atomic mass is 35.5. The molecule has 0 saturated carbocycles. The maximum Gasteiger partial charge on any atom is 0.354 e. The van der Waals surface area contributed by atoms with Gasteiger partial charge in [-0.15, -0.1) is 0 Å². The predicted octanol–water partition coefficient (Wildman–Crippen LogP) is 3.03. The number of halogens is 1. The zero-order valence-corrected chi connectivity index (χ0v) is 11.2. The molecule has 1 aromatic carbocycles. The van der Waals surface area contributed by atoms with Crippen molar-refractivity contribution in [3.05, 3.63) is 51.0 Å². The average molecular weight is 283 g/mol. The Morgan fingerprint density at radius 2 is 2.28 bits per heavy atom. The number of nitrogens with zero attached hydrogens (tertiary/aromatic N) is 1. The van der Waals surface area contributed by atoms with Crippen LogP contribution in [0.5, 0.6) is 0 Å². The number of hydrogen-bond donors (Lipinski definition) is 2. The molecule has 0 bridgehead atoms. The molecule has 0 aliphatic carbocycles. The van der Waals surface area contributed by atoms with Crippen LogP contribution in [0.25, 0.3) is 0 Å². The molecule has 0 fully saturated rings. The Bertz CT molecular complexity index is 660. The summed E-state index contributed by atoms with van der Waals surface area (Å²) < 4.78 is 2.06. The van der Waals surface area contributed by atoms with Gasteiger partial charge in [-0.3, -0.25) is 0 Å². The SMILES string of the molecule is Cn1c(Cc2cccc(Cl)c2)c(C(=O)O)[nH]c1=S. The lowest BCUT2D eigenvalue weighted by Gasteiger charge is -2.05. The number of carboxylic acids is 1. The van der Waals surface area contributed by atoms with Crippen molar-refractivity contribution in [1.82, 2.24) is 9.55 Å². The Kier molecular flexibility index (Phi) is 3.54. The molecule has 2 rings (SSSR count). The van der Waals surface area contributed by atoms with E-state index in [1.807, 2.05) is 18.2 Å². The Balaban J connectivity index is 2.46. The van der Waals surface area contributed by atoms with Crippen molar-refractivity contribution in [2.45, 2.75) is 6.42 Å². The monoisotopic (exact) mass is 282 g/mol. The van der Waals surface area contributed by atoms with E-state index in [0.29, 0.717) is 21.9 Å². The van der Waals surface area contributed by atoms with Crippen LogP contribution in [0.15, 0.2) is 24.3 Å². The number of aromatic nitrogens is 2. The lowest BCUT2D eigenvalue weighted by Crippen LogP contribution is -2.05. The molecule has 1 aromatic heterocycles. The Morgan fingerprint density at radius 1 is 1.56 bits per heavy atom. The molecule has 0 saturated heterocycles. The lowest BCUT2D eigenvalue weighted by molar-refractivity contribution is 0.0689. The number of rotatable bonds is 3. The number of aromatic amines is 1. The maximum atomic E-state index is 11.1. The molecule has 0 atom stereocenters. The second kappa shape index (κ2) is 4.96. The van der Waals surface area contributed by atoms with Crippen molar-refractivity contribution in [3.8, 4) is 0 Å². The second-order valence-corrected chi connectivity index (χ2v) is 4.75. The number of carboxylic acid groups (broad SMARTS) is 1. The van der Waals surface area contributed by atoms with E-state index in [9.17, 15) is 4.79 Å². The van der Waals surface area contributed by atoms with E-state index in [0.717, 1.165) is 5.56 Å². The van der Waals surface area contributed by atoms with Crippen LogP contribution >= 0.6 is 23.8 Å². The van der Waals surface area contributed by atoms with E-state index in [2.05, 4.69) is 4.98 Å². The van der Waals surface area contributed by atoms with Gasteiger partial charge in [0.1, 0.15) is 5.69 Å². The molecule has 0 amide bonds. The zero-order valence-electron chi connectivity index (χ0n) is 9.61. The third kappa shape index (κ3) is 2.47. The number of carbonyl (C=O) groups is 1. The Hall–Kier alpha value is -1.59. The van der Waals surface area contributed by atoms with Crippen LogP contribution in [-0.2, 0) is 13.5 Å². The van der Waals surface area contributed by atoms with Gasteiger partial charge in [-0.05, 0) is 29.9 Å². The molecule has 2 aromatic rings. The Morgan fingerprint density at radius 3 is 2.89 bits per heavy atom. The molecule has 4 nitrogen and oxygen atoms in total. The highest BCUT2D eigenvalue weighted by molar-refractivity contribution is 7.71. The normalized spacial score (nSPS) is 10.6. The standard InChI is InChI=1S/C12H11ClN2O2S/c1-15-9(10(11(16)17)14-12(15)18)6-7-3-2-4-8(13)5-7/h2-5H,6H2,1H3,(H,14,18)(H,16,17). The summed E-state index contributed by atoms with van der Waals surface area (Å²) in [6, 6.07) is 7.31. The number of aromatic carboxylic acids is 1. The topological polar surface area (TPSA) is 58.0 Å². The van der Waals surface area contributed by atoms with Gasteiger partial charge < -0.3 is 14.7 Å². The lowest BCUT2D eigenvalue weighted by atomic mass is 10.1. The molecular weight excluding hydrogens is 272 g/mol. The fourth-order valence-electron chi connectivity index (χ4n) is 1.78. The van der Waals surface area contributed by atoms with Crippen LogP contribution in [-0.4, -0.2) is 20.6 Å². The molecule has 0 spiro atoms.